The number of phenolic OH excluding ortho intramolecular Hbond substituents is 1. The number of carbonyl (C=O) groups is 1. The third-order valence-corrected chi connectivity index (χ3v) is 8.77. The van der Waals surface area contributed by atoms with Crippen molar-refractivity contribution in [3.05, 3.63) is 124 Å². The predicted octanol–water partition coefficient (Wildman–Crippen LogP) is 6.45. The molecule has 38 heavy (non-hydrogen) atoms. The van der Waals surface area contributed by atoms with Crippen molar-refractivity contribution in [1.29, 1.82) is 0 Å². The molecule has 8 heteroatoms. The van der Waals surface area contributed by atoms with Crippen molar-refractivity contribution in [2.75, 3.05) is 0 Å². The molecule has 0 aliphatic heterocycles. The Kier molecular flexibility index (Phi) is 7.18. The molecule has 0 saturated heterocycles. The maximum absolute atomic E-state index is 12.7. The lowest BCUT2D eigenvalue weighted by molar-refractivity contribution is 0.0696. The van der Waals surface area contributed by atoms with Crippen molar-refractivity contribution in [3.8, 4) is 11.5 Å². The van der Waals surface area contributed by atoms with Crippen LogP contribution >= 0.6 is 11.3 Å². The average Bonchev–Trinajstić information content (AvgIpc) is 3.25. The lowest BCUT2D eigenvalue weighted by atomic mass is 9.99. The third-order valence-electron chi connectivity index (χ3n) is 6.26. The number of carboxylic acid groups (broad SMARTS) is 1. The summed E-state index contributed by atoms with van der Waals surface area (Å²) in [5.41, 5.74) is 3.41. The fourth-order valence-electron chi connectivity index (χ4n) is 4.36. The van der Waals surface area contributed by atoms with Gasteiger partial charge in [-0.15, -0.1) is 11.3 Å². The fraction of sp³-hybridized carbons (Fsp3) is 0.100. The topological polar surface area (TPSA) is 101 Å². The number of rotatable bonds is 9. The van der Waals surface area contributed by atoms with Crippen molar-refractivity contribution in [3.63, 3.8) is 0 Å². The van der Waals surface area contributed by atoms with Crippen LogP contribution in [-0.4, -0.2) is 24.6 Å². The molecule has 0 radical (unpaired) electrons. The van der Waals surface area contributed by atoms with Gasteiger partial charge in [0, 0.05) is 16.0 Å². The number of carboxylic acids is 1. The highest BCUT2D eigenvalue weighted by Crippen LogP contribution is 2.34. The summed E-state index contributed by atoms with van der Waals surface area (Å²) in [5, 5.41) is 20.3. The lowest BCUT2D eigenvalue weighted by Gasteiger charge is -2.10. The Labute approximate surface area is 224 Å². The van der Waals surface area contributed by atoms with Gasteiger partial charge in [0.05, 0.1) is 5.56 Å². The smallest absolute Gasteiger partial charge is 0.342 e. The van der Waals surface area contributed by atoms with Gasteiger partial charge in [0.1, 0.15) is 16.4 Å². The molecule has 6 nitrogen and oxygen atoms in total. The minimum Gasteiger partial charge on any atom is -0.506 e. The summed E-state index contributed by atoms with van der Waals surface area (Å²) in [6, 6.07) is 28.6. The largest absolute Gasteiger partial charge is 0.506 e. The van der Waals surface area contributed by atoms with Gasteiger partial charge in [0.2, 0.25) is 0 Å². The van der Waals surface area contributed by atoms with Crippen LogP contribution in [-0.2, 0) is 29.4 Å². The number of hydrogen-bond donors (Lipinski definition) is 2. The highest BCUT2D eigenvalue weighted by Gasteiger charge is 2.22. The maximum Gasteiger partial charge on any atom is 0.342 e. The number of fused-ring (bicyclic) bond motifs is 1. The molecule has 0 amide bonds. The molecule has 0 atom stereocenters. The zero-order valence-corrected chi connectivity index (χ0v) is 21.8. The van der Waals surface area contributed by atoms with Crippen molar-refractivity contribution in [2.24, 2.45) is 0 Å². The first-order valence-corrected chi connectivity index (χ1v) is 14.2. The first kappa shape index (κ1) is 25.5. The molecule has 0 bridgehead atoms. The Morgan fingerprint density at radius 3 is 2.24 bits per heavy atom. The Morgan fingerprint density at radius 1 is 0.816 bits per heavy atom. The molecular weight excluding hydrogens is 520 g/mol. The molecule has 5 rings (SSSR count). The Balaban J connectivity index is 1.31. The van der Waals surface area contributed by atoms with Gasteiger partial charge < -0.3 is 14.4 Å². The van der Waals surface area contributed by atoms with Gasteiger partial charge >= 0.3 is 16.1 Å². The fourth-order valence-corrected chi connectivity index (χ4v) is 6.65. The zero-order valence-electron chi connectivity index (χ0n) is 20.2. The molecule has 5 aromatic rings. The van der Waals surface area contributed by atoms with Crippen LogP contribution in [0.15, 0.2) is 102 Å². The van der Waals surface area contributed by atoms with Crippen LogP contribution in [0.1, 0.15) is 31.9 Å². The summed E-state index contributed by atoms with van der Waals surface area (Å²) >= 11 is 1.82. The van der Waals surface area contributed by atoms with E-state index in [0.717, 1.165) is 43.0 Å². The molecule has 0 saturated carbocycles. The summed E-state index contributed by atoms with van der Waals surface area (Å²) in [6.07, 6.45) is 2.49. The summed E-state index contributed by atoms with van der Waals surface area (Å²) in [5.74, 6) is -1.86. The molecule has 0 spiro atoms. The van der Waals surface area contributed by atoms with Crippen LogP contribution in [0.3, 0.4) is 0 Å². The van der Waals surface area contributed by atoms with Crippen molar-refractivity contribution in [1.82, 2.24) is 0 Å². The molecule has 0 fully saturated rings. The second-order valence-electron chi connectivity index (χ2n) is 8.83. The zero-order chi connectivity index (χ0) is 26.7. The van der Waals surface area contributed by atoms with Crippen LogP contribution < -0.4 is 4.18 Å². The van der Waals surface area contributed by atoms with E-state index in [1.807, 2.05) is 29.5 Å². The van der Waals surface area contributed by atoms with E-state index < -0.39 is 26.7 Å². The quantitative estimate of drug-likeness (QED) is 0.207. The standard InChI is InChI=1S/C30H24O6S2/c31-26-19-22(30(32)33)13-17-29(26)38(34,35)36-23-14-10-20(11-15-23)12-16-25-24-8-4-5-9-27(24)37-28(25)18-21-6-2-1-3-7-21/h1-11,13-15,17,19,31H,12,16,18H2,(H,32,33). The summed E-state index contributed by atoms with van der Waals surface area (Å²) in [4.78, 5) is 11.9. The molecule has 192 valence electrons. The molecule has 1 aromatic heterocycles. The molecule has 1 heterocycles. The minimum atomic E-state index is -4.35. The van der Waals surface area contributed by atoms with Crippen LogP contribution in [0, 0.1) is 0 Å². The highest BCUT2D eigenvalue weighted by molar-refractivity contribution is 7.87. The van der Waals surface area contributed by atoms with E-state index in [1.54, 1.807) is 12.1 Å². The minimum absolute atomic E-state index is 0.0983. The van der Waals surface area contributed by atoms with Crippen LogP contribution in [0.2, 0.25) is 0 Å². The van der Waals surface area contributed by atoms with Gasteiger partial charge in [-0.2, -0.15) is 8.42 Å². The first-order chi connectivity index (χ1) is 18.3. The van der Waals surface area contributed by atoms with E-state index in [-0.39, 0.29) is 11.3 Å². The number of phenols is 1. The van der Waals surface area contributed by atoms with Gasteiger partial charge in [-0.05, 0) is 71.3 Å². The molecule has 0 aliphatic carbocycles. The molecule has 0 unspecified atom stereocenters. The van der Waals surface area contributed by atoms with E-state index in [1.165, 1.54) is 26.1 Å². The highest BCUT2D eigenvalue weighted by atomic mass is 32.2. The first-order valence-electron chi connectivity index (χ1n) is 11.9. The van der Waals surface area contributed by atoms with Gasteiger partial charge in [-0.25, -0.2) is 4.79 Å². The Hall–Kier alpha value is -4.14. The SMILES string of the molecule is O=C(O)c1ccc(S(=O)(=O)Oc2ccc(CCc3c(Cc4ccccc4)sc4ccccc34)cc2)c(O)c1. The van der Waals surface area contributed by atoms with Gasteiger partial charge in [0.25, 0.3) is 0 Å². The van der Waals surface area contributed by atoms with Crippen molar-refractivity contribution < 1.29 is 27.6 Å². The summed E-state index contributed by atoms with van der Waals surface area (Å²) < 4.78 is 31.8. The second kappa shape index (κ2) is 10.7. The van der Waals surface area contributed by atoms with Crippen LogP contribution in [0.4, 0.5) is 0 Å². The van der Waals surface area contributed by atoms with Gasteiger partial charge in [-0.1, -0.05) is 60.7 Å². The normalized spacial score (nSPS) is 11.5. The number of hydrogen-bond acceptors (Lipinski definition) is 6. The van der Waals surface area contributed by atoms with E-state index in [2.05, 4.69) is 48.5 Å². The van der Waals surface area contributed by atoms with Crippen molar-refractivity contribution in [2.45, 2.75) is 24.2 Å². The van der Waals surface area contributed by atoms with E-state index >= 15 is 0 Å². The average molecular weight is 545 g/mol. The summed E-state index contributed by atoms with van der Waals surface area (Å²) in [6.45, 7) is 0. The van der Waals surface area contributed by atoms with E-state index in [4.69, 9.17) is 9.29 Å². The number of aromatic hydroxyl groups is 1. The summed E-state index contributed by atoms with van der Waals surface area (Å²) in [7, 11) is -4.35. The second-order valence-corrected chi connectivity index (χ2v) is 11.5. The molecular formula is C30H24O6S2. The number of thiophene rings is 1. The monoisotopic (exact) mass is 544 g/mol. The van der Waals surface area contributed by atoms with Crippen LogP contribution in [0.25, 0.3) is 10.1 Å². The van der Waals surface area contributed by atoms with E-state index in [9.17, 15) is 18.3 Å². The third kappa shape index (κ3) is 5.56. The Bertz CT molecular complexity index is 1710. The maximum atomic E-state index is 12.7. The number of aryl methyl sites for hydroxylation is 2. The van der Waals surface area contributed by atoms with Crippen molar-refractivity contribution >= 4 is 37.5 Å². The van der Waals surface area contributed by atoms with E-state index in [0.29, 0.717) is 0 Å². The van der Waals surface area contributed by atoms with Crippen LogP contribution in [0.5, 0.6) is 11.5 Å². The van der Waals surface area contributed by atoms with Gasteiger partial charge in [0.15, 0.2) is 0 Å². The predicted molar refractivity (Wildman–Crippen MR) is 148 cm³/mol. The molecule has 2 N–H and O–H groups in total. The lowest BCUT2D eigenvalue weighted by Crippen LogP contribution is -2.10. The number of aromatic carboxylic acids is 1. The molecule has 0 aliphatic rings. The molecule has 4 aromatic carbocycles. The number of benzene rings is 4. The Morgan fingerprint density at radius 2 is 1.53 bits per heavy atom. The van der Waals surface area contributed by atoms with Gasteiger partial charge in [-0.3, -0.25) is 0 Å².